The lowest BCUT2D eigenvalue weighted by Gasteiger charge is -2.34. The van der Waals surface area contributed by atoms with Gasteiger partial charge in [0.15, 0.2) is 0 Å². The monoisotopic (exact) mass is 472 g/mol. The summed E-state index contributed by atoms with van der Waals surface area (Å²) in [5.41, 5.74) is 3.99. The van der Waals surface area contributed by atoms with Crippen LogP contribution in [0, 0.1) is 13.8 Å². The summed E-state index contributed by atoms with van der Waals surface area (Å²) in [6.45, 7) is 6.60. The number of amides is 3. The Morgan fingerprint density at radius 1 is 0.829 bits per heavy atom. The SMILES string of the molecule is Cc1cccc(NC(=O)CN2CCN(C(=O)CNC(=O)Cc3cccc4ccccc34)CC2)c1C. The Morgan fingerprint density at radius 3 is 2.34 bits per heavy atom. The van der Waals surface area contributed by atoms with Gasteiger partial charge in [-0.3, -0.25) is 19.3 Å². The highest BCUT2D eigenvalue weighted by atomic mass is 16.2. The maximum absolute atomic E-state index is 12.6. The number of aryl methyl sites for hydroxylation is 1. The molecule has 0 bridgehead atoms. The van der Waals surface area contributed by atoms with E-state index in [0.717, 1.165) is 33.2 Å². The number of carbonyl (C=O) groups is 3. The van der Waals surface area contributed by atoms with Gasteiger partial charge in [-0.05, 0) is 47.4 Å². The maximum Gasteiger partial charge on any atom is 0.242 e. The van der Waals surface area contributed by atoms with Crippen LogP contribution in [0.3, 0.4) is 0 Å². The summed E-state index contributed by atoms with van der Waals surface area (Å²) >= 11 is 0. The summed E-state index contributed by atoms with van der Waals surface area (Å²) in [6, 6.07) is 19.7. The Morgan fingerprint density at radius 2 is 1.54 bits per heavy atom. The third-order valence-electron chi connectivity index (χ3n) is 6.64. The van der Waals surface area contributed by atoms with E-state index in [1.54, 1.807) is 4.90 Å². The molecule has 1 aliphatic heterocycles. The summed E-state index contributed by atoms with van der Waals surface area (Å²) < 4.78 is 0. The van der Waals surface area contributed by atoms with Crippen molar-refractivity contribution in [2.24, 2.45) is 0 Å². The minimum Gasteiger partial charge on any atom is -0.347 e. The number of benzene rings is 3. The highest BCUT2D eigenvalue weighted by molar-refractivity contribution is 5.93. The minimum absolute atomic E-state index is 0.0171. The Kier molecular flexibility index (Phi) is 7.77. The molecule has 0 aliphatic carbocycles. The molecule has 0 unspecified atom stereocenters. The number of nitrogens with one attached hydrogen (secondary N) is 2. The molecule has 0 atom stereocenters. The van der Waals surface area contributed by atoms with Crippen LogP contribution in [0.25, 0.3) is 10.8 Å². The molecule has 182 valence electrons. The van der Waals surface area contributed by atoms with Gasteiger partial charge in [-0.1, -0.05) is 54.6 Å². The zero-order valence-electron chi connectivity index (χ0n) is 20.3. The fraction of sp³-hybridized carbons (Fsp3) is 0.321. The molecule has 3 aromatic rings. The van der Waals surface area contributed by atoms with Crippen LogP contribution in [0.2, 0.25) is 0 Å². The number of hydrogen-bond donors (Lipinski definition) is 2. The van der Waals surface area contributed by atoms with Crippen LogP contribution in [0.15, 0.2) is 60.7 Å². The molecule has 0 radical (unpaired) electrons. The molecule has 35 heavy (non-hydrogen) atoms. The van der Waals surface area contributed by atoms with Crippen LogP contribution < -0.4 is 10.6 Å². The second-order valence-electron chi connectivity index (χ2n) is 9.04. The van der Waals surface area contributed by atoms with Gasteiger partial charge in [0.25, 0.3) is 0 Å². The number of fused-ring (bicyclic) bond motifs is 1. The molecule has 7 heteroatoms. The minimum atomic E-state index is -0.170. The molecule has 0 spiro atoms. The van der Waals surface area contributed by atoms with Crippen molar-refractivity contribution in [3.8, 4) is 0 Å². The third kappa shape index (κ3) is 6.25. The number of carbonyl (C=O) groups excluding carboxylic acids is 3. The van der Waals surface area contributed by atoms with Crippen LogP contribution in [-0.4, -0.2) is 66.8 Å². The Bertz CT molecular complexity index is 1230. The van der Waals surface area contributed by atoms with Gasteiger partial charge in [0.2, 0.25) is 17.7 Å². The summed E-state index contributed by atoms with van der Waals surface area (Å²) in [7, 11) is 0. The van der Waals surface area contributed by atoms with Crippen LogP contribution in [0.1, 0.15) is 16.7 Å². The highest BCUT2D eigenvalue weighted by Crippen LogP contribution is 2.19. The number of nitrogens with zero attached hydrogens (tertiary/aromatic N) is 2. The van der Waals surface area contributed by atoms with Crippen molar-refractivity contribution >= 4 is 34.2 Å². The first kappa shape index (κ1) is 24.4. The molecule has 1 saturated heterocycles. The van der Waals surface area contributed by atoms with Crippen LogP contribution in [-0.2, 0) is 20.8 Å². The highest BCUT2D eigenvalue weighted by Gasteiger charge is 2.23. The Hall–Kier alpha value is -3.71. The number of anilines is 1. The maximum atomic E-state index is 12.6. The lowest BCUT2D eigenvalue weighted by atomic mass is 10.0. The average molecular weight is 473 g/mol. The topological polar surface area (TPSA) is 81.8 Å². The van der Waals surface area contributed by atoms with Crippen molar-refractivity contribution in [3.63, 3.8) is 0 Å². The van der Waals surface area contributed by atoms with Crippen molar-refractivity contribution in [1.82, 2.24) is 15.1 Å². The van der Waals surface area contributed by atoms with Crippen LogP contribution in [0.5, 0.6) is 0 Å². The number of piperazine rings is 1. The predicted molar refractivity (Wildman–Crippen MR) is 138 cm³/mol. The summed E-state index contributed by atoms with van der Waals surface area (Å²) in [4.78, 5) is 41.4. The molecule has 7 nitrogen and oxygen atoms in total. The van der Waals surface area contributed by atoms with E-state index in [1.807, 2.05) is 79.4 Å². The molecule has 0 aromatic heterocycles. The molecule has 1 aliphatic rings. The van der Waals surface area contributed by atoms with Gasteiger partial charge in [-0.25, -0.2) is 0 Å². The first-order chi connectivity index (χ1) is 16.9. The van der Waals surface area contributed by atoms with Gasteiger partial charge in [0, 0.05) is 31.9 Å². The van der Waals surface area contributed by atoms with E-state index in [2.05, 4.69) is 10.6 Å². The smallest absolute Gasteiger partial charge is 0.242 e. The van der Waals surface area contributed by atoms with Crippen molar-refractivity contribution in [2.45, 2.75) is 20.3 Å². The predicted octanol–water partition coefficient (Wildman–Crippen LogP) is 2.90. The average Bonchev–Trinajstić information content (AvgIpc) is 2.86. The largest absolute Gasteiger partial charge is 0.347 e. The van der Waals surface area contributed by atoms with Gasteiger partial charge in [0.05, 0.1) is 19.5 Å². The van der Waals surface area contributed by atoms with Crippen LogP contribution >= 0.6 is 0 Å². The van der Waals surface area contributed by atoms with Gasteiger partial charge in [-0.2, -0.15) is 0 Å². The molecule has 1 heterocycles. The van der Waals surface area contributed by atoms with E-state index in [0.29, 0.717) is 26.2 Å². The standard InChI is InChI=1S/C28H32N4O3/c1-20-7-5-12-25(21(20)2)30-27(34)19-31-13-15-32(16-14-31)28(35)18-29-26(33)17-23-10-6-9-22-8-3-4-11-24(22)23/h3-12H,13-19H2,1-2H3,(H,29,33)(H,30,34). The molecule has 3 amide bonds. The molecular weight excluding hydrogens is 440 g/mol. The number of hydrogen-bond acceptors (Lipinski definition) is 4. The van der Waals surface area contributed by atoms with E-state index >= 15 is 0 Å². The van der Waals surface area contributed by atoms with Crippen molar-refractivity contribution < 1.29 is 14.4 Å². The molecule has 0 saturated carbocycles. The quantitative estimate of drug-likeness (QED) is 0.554. The first-order valence-corrected chi connectivity index (χ1v) is 12.0. The Labute approximate surface area is 206 Å². The lowest BCUT2D eigenvalue weighted by Crippen LogP contribution is -2.52. The molecular formula is C28H32N4O3. The van der Waals surface area contributed by atoms with Crippen molar-refractivity contribution in [3.05, 3.63) is 77.4 Å². The second-order valence-corrected chi connectivity index (χ2v) is 9.04. The van der Waals surface area contributed by atoms with Crippen molar-refractivity contribution in [1.29, 1.82) is 0 Å². The zero-order valence-corrected chi connectivity index (χ0v) is 20.3. The molecule has 3 aromatic carbocycles. The fourth-order valence-electron chi connectivity index (χ4n) is 4.40. The zero-order chi connectivity index (χ0) is 24.8. The normalized spacial score (nSPS) is 14.1. The van der Waals surface area contributed by atoms with Gasteiger partial charge < -0.3 is 15.5 Å². The summed E-state index contributed by atoms with van der Waals surface area (Å²) in [6.07, 6.45) is 0.234. The van der Waals surface area contributed by atoms with Gasteiger partial charge in [-0.15, -0.1) is 0 Å². The van der Waals surface area contributed by atoms with Gasteiger partial charge in [0.1, 0.15) is 0 Å². The molecule has 2 N–H and O–H groups in total. The second kappa shape index (κ2) is 11.1. The van der Waals surface area contributed by atoms with E-state index in [-0.39, 0.29) is 37.2 Å². The van der Waals surface area contributed by atoms with E-state index in [4.69, 9.17) is 0 Å². The summed E-state index contributed by atoms with van der Waals surface area (Å²) in [5.74, 6) is -0.327. The first-order valence-electron chi connectivity index (χ1n) is 12.0. The fourth-order valence-corrected chi connectivity index (χ4v) is 4.40. The van der Waals surface area contributed by atoms with Crippen molar-refractivity contribution in [2.75, 3.05) is 44.6 Å². The lowest BCUT2D eigenvalue weighted by molar-refractivity contribution is -0.134. The summed E-state index contributed by atoms with van der Waals surface area (Å²) in [5, 5.41) is 7.90. The third-order valence-corrected chi connectivity index (χ3v) is 6.64. The molecule has 4 rings (SSSR count). The van der Waals surface area contributed by atoms with E-state index in [1.165, 1.54) is 0 Å². The van der Waals surface area contributed by atoms with E-state index < -0.39 is 0 Å². The molecule has 1 fully saturated rings. The van der Waals surface area contributed by atoms with Crippen LogP contribution in [0.4, 0.5) is 5.69 Å². The Balaban J connectivity index is 1.20. The number of rotatable bonds is 7. The van der Waals surface area contributed by atoms with Gasteiger partial charge >= 0.3 is 0 Å². The van der Waals surface area contributed by atoms with E-state index in [9.17, 15) is 14.4 Å².